The fourth-order valence-corrected chi connectivity index (χ4v) is 2.77. The van der Waals surface area contributed by atoms with Crippen molar-refractivity contribution in [3.63, 3.8) is 0 Å². The lowest BCUT2D eigenvalue weighted by atomic mass is 10.1. The maximum absolute atomic E-state index is 12.5. The molecule has 0 spiro atoms. The highest BCUT2D eigenvalue weighted by molar-refractivity contribution is 7.92. The first-order chi connectivity index (χ1) is 11.7. The minimum atomic E-state index is -3.55. The highest BCUT2D eigenvalue weighted by Crippen LogP contribution is 2.25. The SMILES string of the molecule is COC(=O)c1ccc(Cl)c(NC(=O)c2ccccc2NS(C)(=O)=O)c1. The number of benzene rings is 2. The van der Waals surface area contributed by atoms with Gasteiger partial charge in [-0.15, -0.1) is 0 Å². The molecular weight excluding hydrogens is 368 g/mol. The van der Waals surface area contributed by atoms with Crippen LogP contribution in [-0.4, -0.2) is 33.7 Å². The predicted octanol–water partition coefficient (Wildman–Crippen LogP) is 2.75. The summed E-state index contributed by atoms with van der Waals surface area (Å²) in [5.74, 6) is -1.16. The molecule has 0 fully saturated rings. The molecule has 0 radical (unpaired) electrons. The second kappa shape index (κ2) is 7.54. The van der Waals surface area contributed by atoms with E-state index in [1.54, 1.807) is 12.1 Å². The zero-order chi connectivity index (χ0) is 18.6. The molecule has 0 heterocycles. The van der Waals surface area contributed by atoms with Crippen LogP contribution in [0.25, 0.3) is 0 Å². The maximum atomic E-state index is 12.5. The van der Waals surface area contributed by atoms with E-state index in [1.165, 1.54) is 37.4 Å². The van der Waals surface area contributed by atoms with Crippen molar-refractivity contribution in [3.8, 4) is 0 Å². The molecule has 0 aliphatic rings. The summed E-state index contributed by atoms with van der Waals surface area (Å²) in [4.78, 5) is 24.1. The summed E-state index contributed by atoms with van der Waals surface area (Å²) in [5, 5.41) is 2.78. The number of hydrogen-bond donors (Lipinski definition) is 2. The van der Waals surface area contributed by atoms with Gasteiger partial charge in [0.05, 0.1) is 40.9 Å². The largest absolute Gasteiger partial charge is 0.465 e. The van der Waals surface area contributed by atoms with Crippen LogP contribution in [0.4, 0.5) is 11.4 Å². The molecule has 25 heavy (non-hydrogen) atoms. The van der Waals surface area contributed by atoms with Gasteiger partial charge in [-0.3, -0.25) is 9.52 Å². The van der Waals surface area contributed by atoms with Gasteiger partial charge in [0.2, 0.25) is 10.0 Å². The second-order valence-corrected chi connectivity index (χ2v) is 7.22. The lowest BCUT2D eigenvalue weighted by molar-refractivity contribution is 0.0600. The minimum absolute atomic E-state index is 0.104. The number of hydrogen-bond acceptors (Lipinski definition) is 5. The summed E-state index contributed by atoms with van der Waals surface area (Å²) in [5.41, 5.74) is 0.642. The molecule has 2 rings (SSSR count). The topological polar surface area (TPSA) is 102 Å². The highest BCUT2D eigenvalue weighted by atomic mass is 35.5. The van der Waals surface area contributed by atoms with Gasteiger partial charge in [-0.05, 0) is 30.3 Å². The Labute approximate surface area is 150 Å². The van der Waals surface area contributed by atoms with Crippen LogP contribution >= 0.6 is 11.6 Å². The molecule has 0 aliphatic heterocycles. The van der Waals surface area contributed by atoms with E-state index >= 15 is 0 Å². The summed E-state index contributed by atoms with van der Waals surface area (Å²) in [6, 6.07) is 10.4. The maximum Gasteiger partial charge on any atom is 0.337 e. The number of carbonyl (C=O) groups excluding carboxylic acids is 2. The van der Waals surface area contributed by atoms with E-state index in [9.17, 15) is 18.0 Å². The van der Waals surface area contributed by atoms with Gasteiger partial charge in [-0.25, -0.2) is 13.2 Å². The summed E-state index contributed by atoms with van der Waals surface area (Å²) in [6.07, 6.45) is 0.985. The molecule has 2 N–H and O–H groups in total. The number of halogens is 1. The predicted molar refractivity (Wildman–Crippen MR) is 95.7 cm³/mol. The quantitative estimate of drug-likeness (QED) is 0.774. The van der Waals surface area contributed by atoms with Crippen molar-refractivity contribution >= 4 is 44.9 Å². The van der Waals surface area contributed by atoms with Crippen molar-refractivity contribution < 1.29 is 22.7 Å². The molecular formula is C16H15ClN2O5S. The Hall–Kier alpha value is -2.58. The van der Waals surface area contributed by atoms with E-state index in [2.05, 4.69) is 14.8 Å². The van der Waals surface area contributed by atoms with Crippen LogP contribution in [0.5, 0.6) is 0 Å². The van der Waals surface area contributed by atoms with E-state index in [-0.39, 0.29) is 27.5 Å². The number of rotatable bonds is 5. The Morgan fingerprint density at radius 1 is 1.08 bits per heavy atom. The van der Waals surface area contributed by atoms with Crippen molar-refractivity contribution in [3.05, 3.63) is 58.6 Å². The third-order valence-electron chi connectivity index (χ3n) is 3.10. The molecule has 0 saturated heterocycles. The number of para-hydroxylation sites is 1. The molecule has 9 heteroatoms. The van der Waals surface area contributed by atoms with Crippen LogP contribution in [0.2, 0.25) is 5.02 Å². The minimum Gasteiger partial charge on any atom is -0.465 e. The zero-order valence-electron chi connectivity index (χ0n) is 13.4. The highest BCUT2D eigenvalue weighted by Gasteiger charge is 2.16. The number of anilines is 2. The molecule has 0 aliphatic carbocycles. The van der Waals surface area contributed by atoms with Gasteiger partial charge in [0.25, 0.3) is 5.91 Å². The summed E-state index contributed by atoms with van der Waals surface area (Å²) in [7, 11) is -2.31. The van der Waals surface area contributed by atoms with Crippen LogP contribution in [0.15, 0.2) is 42.5 Å². The van der Waals surface area contributed by atoms with Crippen molar-refractivity contribution in [1.82, 2.24) is 0 Å². The van der Waals surface area contributed by atoms with Crippen molar-refractivity contribution in [2.75, 3.05) is 23.4 Å². The lowest BCUT2D eigenvalue weighted by Gasteiger charge is -2.12. The number of ether oxygens (including phenoxy) is 1. The normalized spacial score (nSPS) is 10.8. The number of carbonyl (C=O) groups is 2. The molecule has 0 atom stereocenters. The number of amides is 1. The first kappa shape index (κ1) is 18.8. The molecule has 132 valence electrons. The Morgan fingerprint density at radius 3 is 2.40 bits per heavy atom. The average molecular weight is 383 g/mol. The first-order valence-electron chi connectivity index (χ1n) is 6.97. The van der Waals surface area contributed by atoms with Crippen molar-refractivity contribution in [2.45, 2.75) is 0 Å². The van der Waals surface area contributed by atoms with Gasteiger partial charge >= 0.3 is 5.97 Å². The van der Waals surface area contributed by atoms with E-state index in [0.29, 0.717) is 0 Å². The van der Waals surface area contributed by atoms with Crippen molar-refractivity contribution in [2.24, 2.45) is 0 Å². The summed E-state index contributed by atoms with van der Waals surface area (Å²) in [6.45, 7) is 0. The molecule has 0 unspecified atom stereocenters. The Balaban J connectivity index is 2.33. The smallest absolute Gasteiger partial charge is 0.337 e. The van der Waals surface area contributed by atoms with Crippen LogP contribution in [0, 0.1) is 0 Å². The van der Waals surface area contributed by atoms with E-state index in [1.807, 2.05) is 0 Å². The molecule has 1 amide bonds. The average Bonchev–Trinajstić information content (AvgIpc) is 2.55. The van der Waals surface area contributed by atoms with Crippen LogP contribution in [-0.2, 0) is 14.8 Å². The third kappa shape index (κ3) is 4.94. The molecule has 0 bridgehead atoms. The van der Waals surface area contributed by atoms with Crippen LogP contribution < -0.4 is 10.0 Å². The van der Waals surface area contributed by atoms with E-state index < -0.39 is 21.9 Å². The molecule has 0 aromatic heterocycles. The molecule has 7 nitrogen and oxygen atoms in total. The Kier molecular flexibility index (Phi) is 5.66. The second-order valence-electron chi connectivity index (χ2n) is 5.06. The van der Waals surface area contributed by atoms with Gasteiger partial charge in [-0.1, -0.05) is 23.7 Å². The summed E-state index contributed by atoms with van der Waals surface area (Å²) >= 11 is 6.04. The van der Waals surface area contributed by atoms with Crippen LogP contribution in [0.3, 0.4) is 0 Å². The van der Waals surface area contributed by atoms with Gasteiger partial charge < -0.3 is 10.1 Å². The van der Waals surface area contributed by atoms with Gasteiger partial charge in [0.1, 0.15) is 0 Å². The third-order valence-corrected chi connectivity index (χ3v) is 4.02. The van der Waals surface area contributed by atoms with Crippen molar-refractivity contribution in [1.29, 1.82) is 0 Å². The standard InChI is InChI=1S/C16H15ClN2O5S/c1-24-16(21)10-7-8-12(17)14(9-10)18-15(20)11-5-3-4-6-13(11)19-25(2,22)23/h3-9,19H,1-2H3,(H,18,20). The first-order valence-corrected chi connectivity index (χ1v) is 9.24. The Morgan fingerprint density at radius 2 is 1.76 bits per heavy atom. The van der Waals surface area contributed by atoms with Gasteiger partial charge in [-0.2, -0.15) is 0 Å². The van der Waals surface area contributed by atoms with Gasteiger partial charge in [0, 0.05) is 0 Å². The fourth-order valence-electron chi connectivity index (χ4n) is 2.03. The lowest BCUT2D eigenvalue weighted by Crippen LogP contribution is -2.18. The monoisotopic (exact) mass is 382 g/mol. The van der Waals surface area contributed by atoms with Gasteiger partial charge in [0.15, 0.2) is 0 Å². The van der Waals surface area contributed by atoms with E-state index in [0.717, 1.165) is 6.26 Å². The molecule has 2 aromatic carbocycles. The van der Waals surface area contributed by atoms with E-state index in [4.69, 9.17) is 11.6 Å². The number of methoxy groups -OCH3 is 1. The molecule has 0 saturated carbocycles. The summed E-state index contributed by atoms with van der Waals surface area (Å²) < 4.78 is 29.7. The molecule has 2 aromatic rings. The number of esters is 1. The number of sulfonamides is 1. The number of nitrogens with one attached hydrogen (secondary N) is 2. The zero-order valence-corrected chi connectivity index (χ0v) is 14.9. The fraction of sp³-hybridized carbons (Fsp3) is 0.125. The Bertz CT molecular complexity index is 928. The van der Waals surface area contributed by atoms with Crippen LogP contribution in [0.1, 0.15) is 20.7 Å².